The van der Waals surface area contributed by atoms with Gasteiger partial charge in [-0.05, 0) is 59.2 Å². The minimum atomic E-state index is -0.311. The molecule has 0 aromatic heterocycles. The van der Waals surface area contributed by atoms with Gasteiger partial charge in [-0.25, -0.2) is 0 Å². The number of methoxy groups -OCH3 is 2. The fourth-order valence-electron chi connectivity index (χ4n) is 2.85. The smallest absolute Gasteiger partial charge is 0.262 e. The molecule has 1 N–H and O–H groups in total. The van der Waals surface area contributed by atoms with Crippen LogP contribution in [-0.2, 0) is 4.79 Å². The molecule has 0 spiro atoms. The van der Waals surface area contributed by atoms with Gasteiger partial charge in [-0.2, -0.15) is 5.26 Å². The molecule has 0 radical (unpaired) electrons. The van der Waals surface area contributed by atoms with Gasteiger partial charge in [0.15, 0.2) is 11.5 Å². The van der Waals surface area contributed by atoms with E-state index in [0.29, 0.717) is 11.5 Å². The number of hydrogen-bond donors (Lipinski definition) is 1. The molecule has 0 bridgehead atoms. The lowest BCUT2D eigenvalue weighted by molar-refractivity contribution is -0.117. The molecular weight excluding hydrogens is 419 g/mol. The molecule has 1 saturated carbocycles. The molecule has 0 atom stereocenters. The molecule has 6 heteroatoms. The number of nitriles is 1. The number of amides is 1. The lowest BCUT2D eigenvalue weighted by Crippen LogP contribution is -2.36. The van der Waals surface area contributed by atoms with E-state index in [9.17, 15) is 10.1 Å². The van der Waals surface area contributed by atoms with Crippen molar-refractivity contribution in [1.82, 2.24) is 5.32 Å². The molecule has 1 aliphatic carbocycles. The summed E-state index contributed by atoms with van der Waals surface area (Å²) in [7, 11) is 3.14. The van der Waals surface area contributed by atoms with Gasteiger partial charge in [0.25, 0.3) is 5.91 Å². The van der Waals surface area contributed by atoms with Gasteiger partial charge < -0.3 is 14.8 Å². The molecule has 0 saturated heterocycles. The number of hydrogen-bond acceptors (Lipinski definition) is 4. The third-order valence-corrected chi connectivity index (χ3v) is 4.87. The van der Waals surface area contributed by atoms with Crippen LogP contribution in [0, 0.1) is 14.9 Å². The molecule has 1 aromatic carbocycles. The SMILES string of the molecule is COc1cc(C=C(C#N)C(=O)NC2CCCCC2)cc(I)c1OC. The Bertz CT molecular complexity index is 674. The van der Waals surface area contributed by atoms with Crippen molar-refractivity contribution in [2.45, 2.75) is 38.1 Å². The van der Waals surface area contributed by atoms with Crippen molar-refractivity contribution in [3.05, 3.63) is 26.8 Å². The maximum Gasteiger partial charge on any atom is 0.262 e. The van der Waals surface area contributed by atoms with Gasteiger partial charge in [0.05, 0.1) is 17.8 Å². The quantitative estimate of drug-likeness (QED) is 0.431. The van der Waals surface area contributed by atoms with Crippen LogP contribution in [-0.4, -0.2) is 26.2 Å². The minimum Gasteiger partial charge on any atom is -0.493 e. The van der Waals surface area contributed by atoms with Crippen LogP contribution in [0.3, 0.4) is 0 Å². The largest absolute Gasteiger partial charge is 0.493 e. The molecule has 5 nitrogen and oxygen atoms in total. The van der Waals surface area contributed by atoms with Crippen molar-refractivity contribution >= 4 is 34.6 Å². The predicted octanol–water partition coefficient (Wildman–Crippen LogP) is 3.66. The summed E-state index contributed by atoms with van der Waals surface area (Å²) >= 11 is 2.14. The predicted molar refractivity (Wildman–Crippen MR) is 101 cm³/mol. The third kappa shape index (κ3) is 4.63. The molecule has 0 aliphatic heterocycles. The number of carbonyl (C=O) groups is 1. The highest BCUT2D eigenvalue weighted by Gasteiger charge is 2.18. The zero-order valence-corrected chi connectivity index (χ0v) is 16.1. The van der Waals surface area contributed by atoms with Crippen LogP contribution in [0.4, 0.5) is 0 Å². The fraction of sp³-hybridized carbons (Fsp3) is 0.444. The second kappa shape index (κ2) is 8.92. The van der Waals surface area contributed by atoms with E-state index in [0.717, 1.165) is 34.8 Å². The maximum atomic E-state index is 12.3. The number of halogens is 1. The molecule has 0 heterocycles. The van der Waals surface area contributed by atoms with E-state index < -0.39 is 0 Å². The summed E-state index contributed by atoms with van der Waals surface area (Å²) in [5, 5.41) is 12.3. The Hall–Kier alpha value is -1.75. The van der Waals surface area contributed by atoms with Gasteiger partial charge in [-0.1, -0.05) is 19.3 Å². The Morgan fingerprint density at radius 3 is 2.58 bits per heavy atom. The molecule has 0 unspecified atom stereocenters. The number of nitrogens with zero attached hydrogens (tertiary/aromatic N) is 1. The summed E-state index contributed by atoms with van der Waals surface area (Å²) in [6, 6.07) is 5.79. The Kier molecular flexibility index (Phi) is 6.91. The van der Waals surface area contributed by atoms with E-state index in [2.05, 4.69) is 27.9 Å². The number of benzene rings is 1. The first-order chi connectivity index (χ1) is 11.6. The van der Waals surface area contributed by atoms with Crippen LogP contribution in [0.25, 0.3) is 6.08 Å². The van der Waals surface area contributed by atoms with E-state index in [-0.39, 0.29) is 17.5 Å². The highest BCUT2D eigenvalue weighted by molar-refractivity contribution is 14.1. The second-order valence-electron chi connectivity index (χ2n) is 5.72. The Balaban J connectivity index is 2.21. The van der Waals surface area contributed by atoms with Crippen LogP contribution in [0.15, 0.2) is 17.7 Å². The van der Waals surface area contributed by atoms with Gasteiger partial charge in [-0.3, -0.25) is 4.79 Å². The summed E-state index contributed by atoms with van der Waals surface area (Å²) in [6.07, 6.45) is 7.03. The number of nitrogens with one attached hydrogen (secondary N) is 1. The van der Waals surface area contributed by atoms with Gasteiger partial charge >= 0.3 is 0 Å². The van der Waals surface area contributed by atoms with E-state index >= 15 is 0 Å². The van der Waals surface area contributed by atoms with Crippen LogP contribution in [0.2, 0.25) is 0 Å². The summed E-state index contributed by atoms with van der Waals surface area (Å²) < 4.78 is 11.5. The molecule has 2 rings (SSSR count). The van der Waals surface area contributed by atoms with Gasteiger partial charge in [0.2, 0.25) is 0 Å². The second-order valence-corrected chi connectivity index (χ2v) is 6.88. The molecule has 1 aromatic rings. The summed E-state index contributed by atoms with van der Waals surface area (Å²) in [5.41, 5.74) is 0.830. The first kappa shape index (κ1) is 18.6. The van der Waals surface area contributed by atoms with E-state index in [1.807, 2.05) is 12.1 Å². The number of carbonyl (C=O) groups excluding carboxylic acids is 1. The lowest BCUT2D eigenvalue weighted by Gasteiger charge is -2.22. The Labute approximate surface area is 156 Å². The summed E-state index contributed by atoms with van der Waals surface area (Å²) in [5.74, 6) is 0.898. The van der Waals surface area contributed by atoms with Gasteiger partial charge in [-0.15, -0.1) is 0 Å². The molecule has 24 heavy (non-hydrogen) atoms. The topological polar surface area (TPSA) is 71.3 Å². The monoisotopic (exact) mass is 440 g/mol. The highest BCUT2D eigenvalue weighted by Crippen LogP contribution is 2.34. The third-order valence-electron chi connectivity index (χ3n) is 4.07. The molecule has 1 aliphatic rings. The van der Waals surface area contributed by atoms with Crippen LogP contribution < -0.4 is 14.8 Å². The lowest BCUT2D eigenvalue weighted by atomic mass is 9.95. The highest BCUT2D eigenvalue weighted by atomic mass is 127. The first-order valence-corrected chi connectivity index (χ1v) is 9.01. The first-order valence-electron chi connectivity index (χ1n) is 7.93. The zero-order valence-electron chi connectivity index (χ0n) is 13.9. The number of ether oxygens (including phenoxy) is 2. The minimum absolute atomic E-state index is 0.101. The average Bonchev–Trinajstić information content (AvgIpc) is 2.59. The van der Waals surface area contributed by atoms with Crippen LogP contribution >= 0.6 is 22.6 Å². The molecular formula is C18H21IN2O3. The standard InChI is InChI=1S/C18H21IN2O3/c1-23-16-10-12(9-15(19)17(16)24-2)8-13(11-20)18(22)21-14-6-4-3-5-7-14/h8-10,14H,3-7H2,1-2H3,(H,21,22). The van der Waals surface area contributed by atoms with E-state index in [1.165, 1.54) is 6.42 Å². The average molecular weight is 440 g/mol. The van der Waals surface area contributed by atoms with Gasteiger partial charge in [0.1, 0.15) is 11.6 Å². The van der Waals surface area contributed by atoms with E-state index in [1.54, 1.807) is 26.4 Å². The van der Waals surface area contributed by atoms with Crippen molar-refractivity contribution in [2.24, 2.45) is 0 Å². The van der Waals surface area contributed by atoms with Crippen LogP contribution in [0.1, 0.15) is 37.7 Å². The Morgan fingerprint density at radius 2 is 2.00 bits per heavy atom. The van der Waals surface area contributed by atoms with E-state index in [4.69, 9.17) is 9.47 Å². The fourth-order valence-corrected chi connectivity index (χ4v) is 3.69. The van der Waals surface area contributed by atoms with Crippen molar-refractivity contribution < 1.29 is 14.3 Å². The van der Waals surface area contributed by atoms with Crippen LogP contribution in [0.5, 0.6) is 11.5 Å². The van der Waals surface area contributed by atoms with Gasteiger partial charge in [0, 0.05) is 6.04 Å². The normalized spacial score (nSPS) is 15.5. The van der Waals surface area contributed by atoms with Crippen molar-refractivity contribution in [1.29, 1.82) is 5.26 Å². The molecule has 128 valence electrons. The van der Waals surface area contributed by atoms with Crippen molar-refractivity contribution in [2.75, 3.05) is 14.2 Å². The maximum absolute atomic E-state index is 12.3. The summed E-state index contributed by atoms with van der Waals surface area (Å²) in [4.78, 5) is 12.3. The van der Waals surface area contributed by atoms with Crippen molar-refractivity contribution in [3.8, 4) is 17.6 Å². The summed E-state index contributed by atoms with van der Waals surface area (Å²) in [6.45, 7) is 0. The molecule has 1 amide bonds. The van der Waals surface area contributed by atoms with Crippen molar-refractivity contribution in [3.63, 3.8) is 0 Å². The molecule has 1 fully saturated rings. The number of rotatable bonds is 5. The zero-order chi connectivity index (χ0) is 17.5. The Morgan fingerprint density at radius 1 is 1.29 bits per heavy atom.